The number of thiazole rings is 1. The van der Waals surface area contributed by atoms with E-state index in [-0.39, 0.29) is 12.0 Å². The van der Waals surface area contributed by atoms with Gasteiger partial charge < -0.3 is 10.5 Å². The van der Waals surface area contributed by atoms with E-state index in [1.165, 1.54) is 18.4 Å². The number of methoxy groups -OCH3 is 1. The molecule has 7 heteroatoms. The van der Waals surface area contributed by atoms with Crippen LogP contribution in [0.15, 0.2) is 5.38 Å². The number of hydrogen-bond acceptors (Lipinski definition) is 7. The van der Waals surface area contributed by atoms with E-state index >= 15 is 0 Å². The molecule has 0 aromatic carbocycles. The van der Waals surface area contributed by atoms with Gasteiger partial charge in [0.1, 0.15) is 5.69 Å². The summed E-state index contributed by atoms with van der Waals surface area (Å²) in [5, 5.41) is 2.81. The standard InChI is InChI=1S/C8H9N5OS/c1-4-10-5(3-15-4)6-11-7(9)13-8(12-6)14-2/h3H,1-2H3,(H2,9,11,12,13). The number of nitrogen functional groups attached to an aromatic ring is 1. The molecule has 0 atom stereocenters. The summed E-state index contributed by atoms with van der Waals surface area (Å²) in [7, 11) is 1.48. The molecule has 2 aromatic heterocycles. The number of ether oxygens (including phenoxy) is 1. The fourth-order valence-corrected chi connectivity index (χ4v) is 1.64. The molecule has 0 saturated carbocycles. The number of hydrogen-bond donors (Lipinski definition) is 1. The maximum atomic E-state index is 5.51. The van der Waals surface area contributed by atoms with E-state index in [4.69, 9.17) is 10.5 Å². The zero-order chi connectivity index (χ0) is 10.8. The molecule has 0 radical (unpaired) electrons. The first kappa shape index (κ1) is 9.78. The first-order chi connectivity index (χ1) is 7.19. The average Bonchev–Trinajstić information content (AvgIpc) is 2.64. The van der Waals surface area contributed by atoms with Crippen LogP contribution in [-0.2, 0) is 0 Å². The van der Waals surface area contributed by atoms with Gasteiger partial charge in [0, 0.05) is 5.38 Å². The van der Waals surface area contributed by atoms with Crippen molar-refractivity contribution in [2.75, 3.05) is 12.8 Å². The predicted octanol–water partition coefficient (Wildman–Crippen LogP) is 0.894. The fourth-order valence-electron chi connectivity index (χ4n) is 1.04. The lowest BCUT2D eigenvalue weighted by Gasteiger charge is -2.00. The minimum atomic E-state index is 0.127. The number of nitrogens with two attached hydrogens (primary N) is 1. The predicted molar refractivity (Wildman–Crippen MR) is 56.6 cm³/mol. The molecular weight excluding hydrogens is 214 g/mol. The summed E-state index contributed by atoms with van der Waals surface area (Å²) in [6.45, 7) is 1.91. The van der Waals surface area contributed by atoms with E-state index in [9.17, 15) is 0 Å². The van der Waals surface area contributed by atoms with Gasteiger partial charge >= 0.3 is 6.01 Å². The largest absolute Gasteiger partial charge is 0.467 e. The highest BCUT2D eigenvalue weighted by atomic mass is 32.1. The second-order valence-corrected chi connectivity index (χ2v) is 3.82. The lowest BCUT2D eigenvalue weighted by atomic mass is 10.4. The Labute approximate surface area is 90.2 Å². The van der Waals surface area contributed by atoms with Crippen LogP contribution >= 0.6 is 11.3 Å². The molecule has 0 aliphatic heterocycles. The summed E-state index contributed by atoms with van der Waals surface area (Å²) in [6.07, 6.45) is 0. The summed E-state index contributed by atoms with van der Waals surface area (Å²) in [4.78, 5) is 16.1. The molecule has 0 aliphatic rings. The van der Waals surface area contributed by atoms with Crippen LogP contribution in [0, 0.1) is 6.92 Å². The SMILES string of the molecule is COc1nc(N)nc(-c2csc(C)n2)n1. The Morgan fingerprint density at radius 1 is 1.27 bits per heavy atom. The molecule has 2 heterocycles. The van der Waals surface area contributed by atoms with Gasteiger partial charge in [-0.3, -0.25) is 0 Å². The zero-order valence-electron chi connectivity index (χ0n) is 8.26. The van der Waals surface area contributed by atoms with Gasteiger partial charge in [0.2, 0.25) is 5.95 Å². The van der Waals surface area contributed by atoms with Gasteiger partial charge in [0.25, 0.3) is 0 Å². The Bertz CT molecular complexity index is 484. The van der Waals surface area contributed by atoms with E-state index < -0.39 is 0 Å². The highest BCUT2D eigenvalue weighted by Crippen LogP contribution is 2.19. The van der Waals surface area contributed by atoms with Gasteiger partial charge in [0.05, 0.1) is 12.1 Å². The fraction of sp³-hybridized carbons (Fsp3) is 0.250. The molecule has 0 aliphatic carbocycles. The van der Waals surface area contributed by atoms with E-state index in [0.29, 0.717) is 11.5 Å². The quantitative estimate of drug-likeness (QED) is 0.813. The molecule has 0 saturated heterocycles. The van der Waals surface area contributed by atoms with Gasteiger partial charge in [-0.1, -0.05) is 0 Å². The summed E-state index contributed by atoms with van der Waals surface area (Å²) < 4.78 is 4.90. The van der Waals surface area contributed by atoms with Gasteiger partial charge in [-0.05, 0) is 6.92 Å². The number of aryl methyl sites for hydroxylation is 1. The van der Waals surface area contributed by atoms with Gasteiger partial charge in [-0.2, -0.15) is 15.0 Å². The minimum absolute atomic E-state index is 0.127. The van der Waals surface area contributed by atoms with Crippen LogP contribution in [0.1, 0.15) is 5.01 Å². The van der Waals surface area contributed by atoms with Crippen LogP contribution in [0.5, 0.6) is 6.01 Å². The van der Waals surface area contributed by atoms with Gasteiger partial charge in [0.15, 0.2) is 5.82 Å². The summed E-state index contributed by atoms with van der Waals surface area (Å²) in [5.41, 5.74) is 6.20. The maximum Gasteiger partial charge on any atom is 0.321 e. The zero-order valence-corrected chi connectivity index (χ0v) is 9.08. The highest BCUT2D eigenvalue weighted by molar-refractivity contribution is 7.09. The van der Waals surface area contributed by atoms with Crippen molar-refractivity contribution in [2.45, 2.75) is 6.92 Å². The van der Waals surface area contributed by atoms with Crippen molar-refractivity contribution in [1.29, 1.82) is 0 Å². The number of nitrogens with zero attached hydrogens (tertiary/aromatic N) is 4. The van der Waals surface area contributed by atoms with Crippen LogP contribution in [0.3, 0.4) is 0 Å². The summed E-state index contributed by atoms with van der Waals surface area (Å²) in [6, 6.07) is 0.197. The molecule has 15 heavy (non-hydrogen) atoms. The Hall–Kier alpha value is -1.76. The Balaban J connectivity index is 2.48. The first-order valence-corrected chi connectivity index (χ1v) is 5.05. The van der Waals surface area contributed by atoms with Crippen LogP contribution in [0.2, 0.25) is 0 Å². The number of rotatable bonds is 2. The third kappa shape index (κ3) is 2.01. The molecule has 0 unspecified atom stereocenters. The van der Waals surface area contributed by atoms with E-state index in [2.05, 4.69) is 19.9 Å². The molecule has 0 amide bonds. The van der Waals surface area contributed by atoms with Crippen molar-refractivity contribution in [3.63, 3.8) is 0 Å². The molecule has 6 nitrogen and oxygen atoms in total. The van der Waals surface area contributed by atoms with Crippen LogP contribution in [0.25, 0.3) is 11.5 Å². The van der Waals surface area contributed by atoms with Gasteiger partial charge in [-0.25, -0.2) is 4.98 Å². The molecule has 2 rings (SSSR count). The van der Waals surface area contributed by atoms with Crippen molar-refractivity contribution in [3.8, 4) is 17.5 Å². The summed E-state index contributed by atoms with van der Waals surface area (Å²) >= 11 is 1.53. The van der Waals surface area contributed by atoms with Gasteiger partial charge in [-0.15, -0.1) is 11.3 Å². The molecular formula is C8H9N5OS. The highest BCUT2D eigenvalue weighted by Gasteiger charge is 2.09. The lowest BCUT2D eigenvalue weighted by molar-refractivity contribution is 0.379. The van der Waals surface area contributed by atoms with Crippen LogP contribution in [0.4, 0.5) is 5.95 Å². The second-order valence-electron chi connectivity index (χ2n) is 2.76. The van der Waals surface area contributed by atoms with E-state index in [1.807, 2.05) is 12.3 Å². The number of anilines is 1. The third-order valence-corrected chi connectivity index (χ3v) is 2.44. The smallest absolute Gasteiger partial charge is 0.321 e. The molecule has 0 fully saturated rings. The Morgan fingerprint density at radius 2 is 2.07 bits per heavy atom. The van der Waals surface area contributed by atoms with Crippen molar-refractivity contribution in [2.24, 2.45) is 0 Å². The number of aromatic nitrogens is 4. The van der Waals surface area contributed by atoms with Crippen molar-refractivity contribution in [3.05, 3.63) is 10.4 Å². The topological polar surface area (TPSA) is 86.8 Å². The van der Waals surface area contributed by atoms with E-state index in [0.717, 1.165) is 5.01 Å². The van der Waals surface area contributed by atoms with Crippen molar-refractivity contribution < 1.29 is 4.74 Å². The lowest BCUT2D eigenvalue weighted by Crippen LogP contribution is -2.02. The van der Waals surface area contributed by atoms with E-state index in [1.54, 1.807) is 0 Å². The average molecular weight is 223 g/mol. The molecule has 2 aromatic rings. The second kappa shape index (κ2) is 3.77. The first-order valence-electron chi connectivity index (χ1n) is 4.17. The Morgan fingerprint density at radius 3 is 2.67 bits per heavy atom. The summed E-state index contributed by atoms with van der Waals surface area (Å²) in [5.74, 6) is 0.561. The van der Waals surface area contributed by atoms with Crippen LogP contribution in [-0.4, -0.2) is 27.0 Å². The third-order valence-electron chi connectivity index (χ3n) is 1.66. The molecule has 2 N–H and O–H groups in total. The monoisotopic (exact) mass is 223 g/mol. The molecule has 78 valence electrons. The van der Waals surface area contributed by atoms with Crippen molar-refractivity contribution >= 4 is 17.3 Å². The van der Waals surface area contributed by atoms with Crippen molar-refractivity contribution in [1.82, 2.24) is 19.9 Å². The molecule has 0 bridgehead atoms. The van der Waals surface area contributed by atoms with Crippen LogP contribution < -0.4 is 10.5 Å². The Kier molecular flexibility index (Phi) is 2.46. The normalized spacial score (nSPS) is 10.3. The minimum Gasteiger partial charge on any atom is -0.467 e. The maximum absolute atomic E-state index is 5.51. The molecule has 0 spiro atoms.